The van der Waals surface area contributed by atoms with Crippen molar-refractivity contribution in [2.24, 2.45) is 5.92 Å². The lowest BCUT2D eigenvalue weighted by Crippen LogP contribution is -2.49. The summed E-state index contributed by atoms with van der Waals surface area (Å²) in [5, 5.41) is 2.92. The number of aryl methyl sites for hydroxylation is 1. The van der Waals surface area contributed by atoms with Crippen molar-refractivity contribution in [1.82, 2.24) is 19.6 Å². The summed E-state index contributed by atoms with van der Waals surface area (Å²) in [7, 11) is 0. The summed E-state index contributed by atoms with van der Waals surface area (Å²) in [5.41, 5.74) is 0.933. The molecule has 142 valence electrons. The number of amides is 3. The van der Waals surface area contributed by atoms with Crippen LogP contribution in [0.2, 0.25) is 0 Å². The van der Waals surface area contributed by atoms with E-state index in [1.165, 1.54) is 15.4 Å². The maximum atomic E-state index is 13.0. The first-order valence-corrected chi connectivity index (χ1v) is 9.55. The van der Waals surface area contributed by atoms with Gasteiger partial charge in [0.25, 0.3) is 11.5 Å². The Kier molecular flexibility index (Phi) is 4.25. The van der Waals surface area contributed by atoms with Crippen LogP contribution >= 0.6 is 0 Å². The molecule has 0 radical (unpaired) electrons. The molecular formula is C20H24N4O3. The Hall–Kier alpha value is -2.70. The average molecular weight is 368 g/mol. The Bertz CT molecular complexity index is 973. The smallest absolute Gasteiger partial charge is 0.323 e. The van der Waals surface area contributed by atoms with E-state index in [1.54, 1.807) is 6.20 Å². The molecular weight excluding hydrogens is 344 g/mol. The molecule has 2 aromatic heterocycles. The predicted molar refractivity (Wildman–Crippen MR) is 100 cm³/mol. The average Bonchev–Trinajstić information content (AvgIpc) is 2.86. The molecule has 7 heteroatoms. The second-order valence-electron chi connectivity index (χ2n) is 7.77. The third kappa shape index (κ3) is 3.01. The van der Waals surface area contributed by atoms with Gasteiger partial charge in [-0.1, -0.05) is 13.3 Å². The molecule has 1 spiro atoms. The number of imide groups is 1. The number of nitrogens with zero attached hydrogens (tertiary/aromatic N) is 3. The number of rotatable bonds is 3. The number of carbonyl (C=O) groups excluding carboxylic acids is 2. The van der Waals surface area contributed by atoms with E-state index in [0.29, 0.717) is 30.1 Å². The number of fused-ring (bicyclic) bond motifs is 1. The van der Waals surface area contributed by atoms with Crippen molar-refractivity contribution in [2.45, 2.75) is 58.0 Å². The Morgan fingerprint density at radius 3 is 2.67 bits per heavy atom. The van der Waals surface area contributed by atoms with Crippen molar-refractivity contribution >= 4 is 17.6 Å². The van der Waals surface area contributed by atoms with Gasteiger partial charge in [-0.2, -0.15) is 0 Å². The highest BCUT2D eigenvalue weighted by atomic mass is 16.2. The molecule has 4 rings (SSSR count). The number of aromatic nitrogens is 2. The third-order valence-electron chi connectivity index (χ3n) is 5.98. The highest BCUT2D eigenvalue weighted by Gasteiger charge is 2.52. The summed E-state index contributed by atoms with van der Waals surface area (Å²) < 4.78 is 1.45. The van der Waals surface area contributed by atoms with E-state index >= 15 is 0 Å². The van der Waals surface area contributed by atoms with Gasteiger partial charge >= 0.3 is 6.03 Å². The van der Waals surface area contributed by atoms with Crippen LogP contribution in [0.25, 0.3) is 5.65 Å². The minimum absolute atomic E-state index is 0.0172. The molecule has 2 fully saturated rings. The first kappa shape index (κ1) is 17.7. The van der Waals surface area contributed by atoms with E-state index in [9.17, 15) is 14.4 Å². The minimum Gasteiger partial charge on any atom is -0.323 e. The van der Waals surface area contributed by atoms with Crippen molar-refractivity contribution in [2.75, 3.05) is 0 Å². The van der Waals surface area contributed by atoms with E-state index in [2.05, 4.69) is 17.2 Å². The first-order valence-electron chi connectivity index (χ1n) is 9.55. The molecule has 1 aliphatic heterocycles. The van der Waals surface area contributed by atoms with Crippen LogP contribution in [0.5, 0.6) is 0 Å². The SMILES string of the molecule is CCC1CCC2(CC1)NC(=O)N(Cc1cc(=O)n3ccc(C)cc3n1)C2=O. The zero-order valence-corrected chi connectivity index (χ0v) is 15.7. The fourth-order valence-electron chi connectivity index (χ4n) is 4.23. The molecule has 1 saturated carbocycles. The molecule has 3 amide bonds. The van der Waals surface area contributed by atoms with Crippen LogP contribution in [-0.2, 0) is 11.3 Å². The summed E-state index contributed by atoms with van der Waals surface area (Å²) in [5.74, 6) is 0.438. The van der Waals surface area contributed by atoms with Gasteiger partial charge in [0.05, 0.1) is 12.2 Å². The minimum atomic E-state index is -0.773. The van der Waals surface area contributed by atoms with Crippen LogP contribution < -0.4 is 10.9 Å². The highest BCUT2D eigenvalue weighted by molar-refractivity contribution is 6.07. The fraction of sp³-hybridized carbons (Fsp3) is 0.500. The fourth-order valence-corrected chi connectivity index (χ4v) is 4.23. The molecule has 2 aliphatic rings. The summed E-state index contributed by atoms with van der Waals surface area (Å²) in [6.45, 7) is 4.10. The van der Waals surface area contributed by atoms with Crippen molar-refractivity contribution in [1.29, 1.82) is 0 Å². The van der Waals surface area contributed by atoms with Crippen molar-refractivity contribution in [3.8, 4) is 0 Å². The van der Waals surface area contributed by atoms with Gasteiger partial charge in [-0.3, -0.25) is 18.9 Å². The monoisotopic (exact) mass is 368 g/mol. The zero-order valence-electron chi connectivity index (χ0n) is 15.7. The number of hydrogen-bond donors (Lipinski definition) is 1. The van der Waals surface area contributed by atoms with Gasteiger partial charge in [-0.25, -0.2) is 9.78 Å². The summed E-state index contributed by atoms with van der Waals surface area (Å²) in [6.07, 6.45) is 6.04. The van der Waals surface area contributed by atoms with E-state index in [-0.39, 0.29) is 24.0 Å². The van der Waals surface area contributed by atoms with E-state index in [4.69, 9.17) is 0 Å². The number of pyridine rings is 1. The van der Waals surface area contributed by atoms with Gasteiger partial charge in [0.15, 0.2) is 0 Å². The van der Waals surface area contributed by atoms with E-state index in [0.717, 1.165) is 24.8 Å². The van der Waals surface area contributed by atoms with Gasteiger partial charge < -0.3 is 5.32 Å². The summed E-state index contributed by atoms with van der Waals surface area (Å²) >= 11 is 0. The van der Waals surface area contributed by atoms with Gasteiger partial charge in [0, 0.05) is 12.3 Å². The van der Waals surface area contributed by atoms with Crippen LogP contribution in [0.4, 0.5) is 4.79 Å². The highest BCUT2D eigenvalue weighted by Crippen LogP contribution is 2.37. The predicted octanol–water partition coefficient (Wildman–Crippen LogP) is 2.39. The normalized spacial score (nSPS) is 25.4. The van der Waals surface area contributed by atoms with Crippen LogP contribution in [0.3, 0.4) is 0 Å². The van der Waals surface area contributed by atoms with Crippen molar-refractivity contribution in [3.05, 3.63) is 46.0 Å². The molecule has 1 aliphatic carbocycles. The maximum absolute atomic E-state index is 13.0. The largest absolute Gasteiger partial charge is 0.325 e. The quantitative estimate of drug-likeness (QED) is 0.843. The lowest BCUT2D eigenvalue weighted by atomic mass is 9.75. The third-order valence-corrected chi connectivity index (χ3v) is 5.98. The number of urea groups is 1. The zero-order chi connectivity index (χ0) is 19.2. The Morgan fingerprint density at radius 1 is 1.22 bits per heavy atom. The molecule has 3 heterocycles. The number of hydrogen-bond acceptors (Lipinski definition) is 4. The summed E-state index contributed by atoms with van der Waals surface area (Å²) in [6, 6.07) is 4.65. The van der Waals surface area contributed by atoms with Crippen molar-refractivity contribution < 1.29 is 9.59 Å². The Morgan fingerprint density at radius 2 is 1.96 bits per heavy atom. The second-order valence-corrected chi connectivity index (χ2v) is 7.77. The molecule has 7 nitrogen and oxygen atoms in total. The first-order chi connectivity index (χ1) is 12.9. The Labute approximate surface area is 157 Å². The van der Waals surface area contributed by atoms with Crippen LogP contribution in [0.15, 0.2) is 29.2 Å². The van der Waals surface area contributed by atoms with Crippen LogP contribution in [0.1, 0.15) is 50.3 Å². The lowest BCUT2D eigenvalue weighted by molar-refractivity contribution is -0.133. The van der Waals surface area contributed by atoms with Crippen LogP contribution in [-0.4, -0.2) is 31.8 Å². The van der Waals surface area contributed by atoms with Gasteiger partial charge in [0.2, 0.25) is 0 Å². The maximum Gasteiger partial charge on any atom is 0.325 e. The van der Waals surface area contributed by atoms with Gasteiger partial charge in [-0.05, 0) is 56.2 Å². The second kappa shape index (κ2) is 6.48. The summed E-state index contributed by atoms with van der Waals surface area (Å²) in [4.78, 5) is 43.5. The standard InChI is InChI=1S/C20H24N4O3/c1-3-14-4-7-20(8-5-14)18(26)24(19(27)22-20)12-15-11-17(25)23-9-6-13(2)10-16(23)21-15/h6,9-11,14H,3-5,7-8,12H2,1-2H3,(H,22,27). The van der Waals surface area contributed by atoms with E-state index in [1.807, 2.05) is 19.1 Å². The van der Waals surface area contributed by atoms with Crippen LogP contribution in [0, 0.1) is 12.8 Å². The lowest BCUT2D eigenvalue weighted by Gasteiger charge is -2.34. The Balaban J connectivity index is 1.60. The van der Waals surface area contributed by atoms with E-state index < -0.39 is 5.54 Å². The molecule has 0 aromatic carbocycles. The number of nitrogens with one attached hydrogen (secondary N) is 1. The molecule has 0 atom stereocenters. The van der Waals surface area contributed by atoms with Gasteiger partial charge in [-0.15, -0.1) is 0 Å². The van der Waals surface area contributed by atoms with Crippen molar-refractivity contribution in [3.63, 3.8) is 0 Å². The molecule has 0 unspecified atom stereocenters. The molecule has 1 N–H and O–H groups in total. The topological polar surface area (TPSA) is 83.8 Å². The molecule has 27 heavy (non-hydrogen) atoms. The molecule has 1 saturated heterocycles. The number of carbonyl (C=O) groups is 2. The molecule has 2 aromatic rings. The molecule has 0 bridgehead atoms. The van der Waals surface area contributed by atoms with Gasteiger partial charge in [0.1, 0.15) is 11.2 Å².